The van der Waals surface area contributed by atoms with Crippen LogP contribution in [0.2, 0.25) is 0 Å². The van der Waals surface area contributed by atoms with Gasteiger partial charge in [0.2, 0.25) is 5.91 Å². The number of carbonyl (C=O) groups is 1. The molecule has 0 saturated carbocycles. The molecule has 0 aliphatic carbocycles. The van der Waals surface area contributed by atoms with Crippen LogP contribution in [0.25, 0.3) is 0 Å². The smallest absolute Gasteiger partial charge is 0.249 e. The number of rotatable bonds is 4. The molecule has 5 heteroatoms. The Balaban J connectivity index is 0.00000225. The average molecular weight is 251 g/mol. The van der Waals surface area contributed by atoms with Crippen LogP contribution in [0, 0.1) is 0 Å². The van der Waals surface area contributed by atoms with Crippen LogP contribution in [-0.4, -0.2) is 30.2 Å². The van der Waals surface area contributed by atoms with Gasteiger partial charge >= 0.3 is 0 Å². The lowest BCUT2D eigenvalue weighted by Gasteiger charge is -2.26. The molecule has 3 N–H and O–H groups in total. The van der Waals surface area contributed by atoms with Crippen molar-refractivity contribution in [1.29, 1.82) is 0 Å². The fourth-order valence-electron chi connectivity index (χ4n) is 1.66. The Morgan fingerprint density at radius 2 is 2.12 bits per heavy atom. The van der Waals surface area contributed by atoms with E-state index in [4.69, 9.17) is 10.5 Å². The highest BCUT2D eigenvalue weighted by molar-refractivity contribution is 5.85. The number of carbonyl (C=O) groups excluding carboxylic acids is 1. The Bertz CT molecular complexity index is 234. The Hall–Kier alpha value is -0.320. The van der Waals surface area contributed by atoms with Crippen molar-refractivity contribution in [1.82, 2.24) is 5.32 Å². The lowest BCUT2D eigenvalue weighted by atomic mass is 10.1. The Kier molecular flexibility index (Phi) is 6.30. The molecule has 0 aromatic heterocycles. The Labute approximate surface area is 104 Å². The lowest BCUT2D eigenvalue weighted by Crippen LogP contribution is -2.52. The third kappa shape index (κ3) is 4.28. The highest BCUT2D eigenvalue weighted by Gasteiger charge is 2.31. The summed E-state index contributed by atoms with van der Waals surface area (Å²) in [5, 5.41) is 2.90. The highest BCUT2D eigenvalue weighted by Crippen LogP contribution is 2.22. The van der Waals surface area contributed by atoms with Gasteiger partial charge in [0, 0.05) is 12.1 Å². The zero-order valence-corrected chi connectivity index (χ0v) is 11.1. The molecular formula is C11H23ClN2O2. The summed E-state index contributed by atoms with van der Waals surface area (Å²) in [7, 11) is 0. The van der Waals surface area contributed by atoms with Gasteiger partial charge in [0.15, 0.2) is 0 Å². The molecule has 2 atom stereocenters. The molecule has 0 spiro atoms. The van der Waals surface area contributed by atoms with Gasteiger partial charge < -0.3 is 15.8 Å². The first kappa shape index (κ1) is 15.7. The van der Waals surface area contributed by atoms with E-state index in [0.29, 0.717) is 6.54 Å². The van der Waals surface area contributed by atoms with Crippen LogP contribution in [0.5, 0.6) is 0 Å². The fourth-order valence-corrected chi connectivity index (χ4v) is 1.66. The largest absolute Gasteiger partial charge is 0.365 e. The topological polar surface area (TPSA) is 64.4 Å². The lowest BCUT2D eigenvalue weighted by molar-refractivity contribution is -0.133. The van der Waals surface area contributed by atoms with Gasteiger partial charge in [-0.2, -0.15) is 0 Å². The number of ether oxygens (including phenoxy) is 1. The van der Waals surface area contributed by atoms with Gasteiger partial charge in [0.1, 0.15) is 6.10 Å². The average Bonchev–Trinajstić information content (AvgIpc) is 2.65. The van der Waals surface area contributed by atoms with Crippen LogP contribution in [-0.2, 0) is 9.53 Å². The molecule has 16 heavy (non-hydrogen) atoms. The van der Waals surface area contributed by atoms with E-state index in [9.17, 15) is 4.79 Å². The van der Waals surface area contributed by atoms with Crippen LogP contribution in [0.15, 0.2) is 0 Å². The second-order valence-corrected chi connectivity index (χ2v) is 4.81. The van der Waals surface area contributed by atoms with Gasteiger partial charge in [-0.25, -0.2) is 0 Å². The van der Waals surface area contributed by atoms with Crippen LogP contribution in [0.4, 0.5) is 0 Å². The number of amides is 1. The molecular weight excluding hydrogens is 228 g/mol. The van der Waals surface area contributed by atoms with Crippen LogP contribution in [0.1, 0.15) is 40.0 Å². The fraction of sp³-hybridized carbons (Fsp3) is 0.909. The third-order valence-electron chi connectivity index (χ3n) is 2.83. The first-order valence-electron chi connectivity index (χ1n) is 5.66. The third-order valence-corrected chi connectivity index (χ3v) is 2.83. The summed E-state index contributed by atoms with van der Waals surface area (Å²) in [6.07, 6.45) is 2.76. The maximum absolute atomic E-state index is 11.8. The molecule has 1 saturated heterocycles. The molecule has 1 fully saturated rings. The molecule has 0 aromatic rings. The zero-order chi connectivity index (χ0) is 11.5. The van der Waals surface area contributed by atoms with Gasteiger partial charge in [0.25, 0.3) is 0 Å². The number of hydrogen-bond donors (Lipinski definition) is 2. The predicted molar refractivity (Wildman–Crippen MR) is 66.7 cm³/mol. The van der Waals surface area contributed by atoms with E-state index in [2.05, 4.69) is 12.2 Å². The first-order valence-corrected chi connectivity index (χ1v) is 5.66. The van der Waals surface area contributed by atoms with E-state index in [1.54, 1.807) is 0 Å². The highest BCUT2D eigenvalue weighted by atomic mass is 35.5. The molecule has 1 aliphatic heterocycles. The first-order chi connectivity index (χ1) is 6.98. The van der Waals surface area contributed by atoms with Crippen molar-refractivity contribution in [3.63, 3.8) is 0 Å². The van der Waals surface area contributed by atoms with E-state index in [1.807, 2.05) is 13.8 Å². The minimum Gasteiger partial charge on any atom is -0.365 e. The number of halogens is 1. The standard InChI is InChI=1S/C11H22N2O2.ClH/c1-4-8-5-6-9(15-8)10(14)13-11(2,3)7-12;/h8-9H,4-7,12H2,1-3H3,(H,13,14);1H. The quantitative estimate of drug-likeness (QED) is 0.789. The molecule has 0 radical (unpaired) electrons. The zero-order valence-electron chi connectivity index (χ0n) is 10.3. The molecule has 96 valence electrons. The van der Waals surface area contributed by atoms with Crippen molar-refractivity contribution in [2.45, 2.75) is 57.8 Å². The second-order valence-electron chi connectivity index (χ2n) is 4.81. The monoisotopic (exact) mass is 250 g/mol. The van der Waals surface area contributed by atoms with E-state index in [1.165, 1.54) is 0 Å². The molecule has 2 unspecified atom stereocenters. The van der Waals surface area contributed by atoms with Crippen LogP contribution >= 0.6 is 12.4 Å². The molecule has 1 rings (SSSR count). The normalized spacial score (nSPS) is 25.0. The van der Waals surface area contributed by atoms with Crippen molar-refractivity contribution in [2.24, 2.45) is 5.73 Å². The molecule has 1 aliphatic rings. The molecule has 4 nitrogen and oxygen atoms in total. The Morgan fingerprint density at radius 1 is 1.50 bits per heavy atom. The molecule has 1 heterocycles. The maximum Gasteiger partial charge on any atom is 0.249 e. The van der Waals surface area contributed by atoms with Gasteiger partial charge in [-0.1, -0.05) is 6.92 Å². The number of hydrogen-bond acceptors (Lipinski definition) is 3. The SMILES string of the molecule is CCC1CCC(C(=O)NC(C)(C)CN)O1.Cl. The summed E-state index contributed by atoms with van der Waals surface area (Å²) in [5.74, 6) is -0.0265. The Morgan fingerprint density at radius 3 is 2.56 bits per heavy atom. The minimum atomic E-state index is -0.343. The molecule has 1 amide bonds. The van der Waals surface area contributed by atoms with Gasteiger partial charge in [0.05, 0.1) is 6.10 Å². The molecule has 0 aromatic carbocycles. The summed E-state index contributed by atoms with van der Waals surface area (Å²) in [6.45, 7) is 6.34. The summed E-state index contributed by atoms with van der Waals surface area (Å²) in [6, 6.07) is 0. The predicted octanol–water partition coefficient (Wildman–Crippen LogP) is 1.22. The van der Waals surface area contributed by atoms with Gasteiger partial charge in [-0.15, -0.1) is 12.4 Å². The van der Waals surface area contributed by atoms with E-state index >= 15 is 0 Å². The molecule has 0 bridgehead atoms. The van der Waals surface area contributed by atoms with Gasteiger partial charge in [-0.3, -0.25) is 4.79 Å². The van der Waals surface area contributed by atoms with Crippen molar-refractivity contribution in [3.8, 4) is 0 Å². The van der Waals surface area contributed by atoms with Crippen molar-refractivity contribution in [3.05, 3.63) is 0 Å². The minimum absolute atomic E-state index is 0. The van der Waals surface area contributed by atoms with Gasteiger partial charge in [-0.05, 0) is 33.1 Å². The number of nitrogens with one attached hydrogen (secondary N) is 1. The van der Waals surface area contributed by atoms with Crippen LogP contribution in [0.3, 0.4) is 0 Å². The van der Waals surface area contributed by atoms with E-state index in [0.717, 1.165) is 19.3 Å². The summed E-state index contributed by atoms with van der Waals surface area (Å²) in [5.41, 5.74) is 5.21. The second kappa shape index (κ2) is 6.42. The van der Waals surface area contributed by atoms with Crippen molar-refractivity contribution >= 4 is 18.3 Å². The van der Waals surface area contributed by atoms with E-state index < -0.39 is 0 Å². The summed E-state index contributed by atoms with van der Waals surface area (Å²) >= 11 is 0. The van der Waals surface area contributed by atoms with Crippen LogP contribution < -0.4 is 11.1 Å². The maximum atomic E-state index is 11.8. The van der Waals surface area contributed by atoms with E-state index in [-0.39, 0.29) is 36.1 Å². The van der Waals surface area contributed by atoms with Crippen molar-refractivity contribution < 1.29 is 9.53 Å². The summed E-state index contributed by atoms with van der Waals surface area (Å²) in [4.78, 5) is 11.8. The van der Waals surface area contributed by atoms with Crippen molar-refractivity contribution in [2.75, 3.05) is 6.54 Å². The summed E-state index contributed by atoms with van der Waals surface area (Å²) < 4.78 is 5.61. The number of nitrogens with two attached hydrogens (primary N) is 1.